The normalized spacial score (nSPS) is 14.8. The SMILES string of the molecule is C1CCCC1.CNCNOC=O. The van der Waals surface area contributed by atoms with Crippen LogP contribution >= 0.6 is 0 Å². The highest BCUT2D eigenvalue weighted by atomic mass is 16.7. The molecule has 0 atom stereocenters. The van der Waals surface area contributed by atoms with E-state index in [1.54, 1.807) is 7.05 Å². The highest BCUT2D eigenvalue weighted by Gasteiger charge is 1.95. The van der Waals surface area contributed by atoms with Gasteiger partial charge in [0, 0.05) is 0 Å². The van der Waals surface area contributed by atoms with E-state index in [2.05, 4.69) is 15.6 Å². The molecule has 4 nitrogen and oxygen atoms in total. The zero-order chi connectivity index (χ0) is 9.07. The first-order valence-electron chi connectivity index (χ1n) is 4.38. The summed E-state index contributed by atoms with van der Waals surface area (Å²) < 4.78 is 0. The van der Waals surface area contributed by atoms with E-state index in [0.717, 1.165) is 0 Å². The fourth-order valence-corrected chi connectivity index (χ4v) is 1.03. The van der Waals surface area contributed by atoms with E-state index in [0.29, 0.717) is 13.1 Å². The number of carbonyl (C=O) groups excluding carboxylic acids is 1. The first-order valence-corrected chi connectivity index (χ1v) is 4.38. The van der Waals surface area contributed by atoms with Crippen molar-refractivity contribution in [1.82, 2.24) is 10.8 Å². The van der Waals surface area contributed by atoms with Gasteiger partial charge in [0.1, 0.15) is 0 Å². The fraction of sp³-hybridized carbons (Fsp3) is 0.875. The van der Waals surface area contributed by atoms with Gasteiger partial charge in [-0.2, -0.15) is 0 Å². The molecule has 12 heavy (non-hydrogen) atoms. The Labute approximate surface area is 73.6 Å². The Kier molecular flexibility index (Phi) is 9.86. The third-order valence-electron chi connectivity index (χ3n) is 1.63. The molecule has 0 aromatic carbocycles. The second kappa shape index (κ2) is 10.4. The van der Waals surface area contributed by atoms with Crippen LogP contribution in [0.1, 0.15) is 32.1 Å². The monoisotopic (exact) mass is 174 g/mol. The molecule has 0 heterocycles. The van der Waals surface area contributed by atoms with Crippen LogP contribution in [0.2, 0.25) is 0 Å². The van der Waals surface area contributed by atoms with E-state index >= 15 is 0 Å². The third-order valence-corrected chi connectivity index (χ3v) is 1.63. The van der Waals surface area contributed by atoms with Gasteiger partial charge in [-0.25, -0.2) is 0 Å². The second-order valence-corrected chi connectivity index (χ2v) is 2.66. The van der Waals surface area contributed by atoms with Crippen molar-refractivity contribution >= 4 is 6.47 Å². The number of hydroxylamine groups is 1. The maximum absolute atomic E-state index is 9.37. The predicted molar refractivity (Wildman–Crippen MR) is 47.3 cm³/mol. The molecule has 0 amide bonds. The van der Waals surface area contributed by atoms with Gasteiger partial charge in [0.25, 0.3) is 0 Å². The molecule has 1 aliphatic rings. The Morgan fingerprint density at radius 2 is 1.75 bits per heavy atom. The standard InChI is InChI=1S/C5H10.C3H8N2O2/c1-2-4-5-3-1;1-4-2-5-7-3-6/h1-5H2;3-5H,2H2,1H3. The average molecular weight is 174 g/mol. The number of nitrogens with one attached hydrogen (secondary N) is 2. The van der Waals surface area contributed by atoms with Crippen molar-refractivity contribution in [3.63, 3.8) is 0 Å². The Balaban J connectivity index is 0.000000211. The summed E-state index contributed by atoms with van der Waals surface area (Å²) in [6.45, 7) is 0.802. The summed E-state index contributed by atoms with van der Waals surface area (Å²) in [6.07, 6.45) is 7.50. The van der Waals surface area contributed by atoms with Crippen LogP contribution < -0.4 is 10.8 Å². The van der Waals surface area contributed by atoms with E-state index in [1.807, 2.05) is 0 Å². The molecule has 0 aromatic rings. The van der Waals surface area contributed by atoms with Crippen LogP contribution in [-0.4, -0.2) is 20.2 Å². The molecule has 0 aromatic heterocycles. The maximum Gasteiger partial charge on any atom is 0.312 e. The summed E-state index contributed by atoms with van der Waals surface area (Å²) in [5.74, 6) is 0. The molecule has 1 aliphatic carbocycles. The molecule has 0 bridgehead atoms. The summed E-state index contributed by atoms with van der Waals surface area (Å²) in [4.78, 5) is 13.4. The summed E-state index contributed by atoms with van der Waals surface area (Å²) in [7, 11) is 1.74. The highest BCUT2D eigenvalue weighted by molar-refractivity contribution is 5.36. The minimum absolute atomic E-state index is 0.331. The fourth-order valence-electron chi connectivity index (χ4n) is 1.03. The van der Waals surface area contributed by atoms with Gasteiger partial charge in [0.05, 0.1) is 6.67 Å². The number of rotatable bonds is 4. The minimum Gasteiger partial charge on any atom is -0.372 e. The van der Waals surface area contributed by atoms with Gasteiger partial charge in [-0.15, -0.1) is 5.48 Å². The quantitative estimate of drug-likeness (QED) is 0.286. The lowest BCUT2D eigenvalue weighted by Crippen LogP contribution is -2.25. The average Bonchev–Trinajstić information content (AvgIpc) is 2.62. The van der Waals surface area contributed by atoms with Crippen molar-refractivity contribution < 1.29 is 9.63 Å². The van der Waals surface area contributed by atoms with E-state index < -0.39 is 0 Å². The summed E-state index contributed by atoms with van der Waals surface area (Å²) in [5, 5.41) is 2.71. The topological polar surface area (TPSA) is 50.4 Å². The predicted octanol–water partition coefficient (Wildman–Crippen LogP) is 0.791. The molecule has 1 saturated carbocycles. The molecule has 0 radical (unpaired) electrons. The van der Waals surface area contributed by atoms with E-state index in [-0.39, 0.29) is 0 Å². The van der Waals surface area contributed by atoms with Gasteiger partial charge >= 0.3 is 6.47 Å². The largest absolute Gasteiger partial charge is 0.372 e. The molecule has 2 N–H and O–H groups in total. The van der Waals surface area contributed by atoms with Crippen LogP contribution in [0.25, 0.3) is 0 Å². The molecule has 1 fully saturated rings. The van der Waals surface area contributed by atoms with Crippen molar-refractivity contribution in [2.75, 3.05) is 13.7 Å². The Morgan fingerprint density at radius 3 is 2.08 bits per heavy atom. The Hall–Kier alpha value is -0.610. The number of hydrogen-bond acceptors (Lipinski definition) is 4. The van der Waals surface area contributed by atoms with Gasteiger partial charge in [0.2, 0.25) is 0 Å². The molecular formula is C8H18N2O2. The van der Waals surface area contributed by atoms with E-state index in [4.69, 9.17) is 0 Å². The maximum atomic E-state index is 9.37. The van der Waals surface area contributed by atoms with E-state index in [9.17, 15) is 4.79 Å². The summed E-state index contributed by atoms with van der Waals surface area (Å²) >= 11 is 0. The molecule has 0 aliphatic heterocycles. The smallest absolute Gasteiger partial charge is 0.312 e. The van der Waals surface area contributed by atoms with Gasteiger partial charge in [-0.1, -0.05) is 32.1 Å². The van der Waals surface area contributed by atoms with Gasteiger partial charge < -0.3 is 10.2 Å². The molecule has 4 heteroatoms. The lowest BCUT2D eigenvalue weighted by Gasteiger charge is -1.95. The second-order valence-electron chi connectivity index (χ2n) is 2.66. The van der Waals surface area contributed by atoms with Gasteiger partial charge in [-0.05, 0) is 7.05 Å². The summed E-state index contributed by atoms with van der Waals surface area (Å²) in [6, 6.07) is 0. The molecule has 0 spiro atoms. The lowest BCUT2D eigenvalue weighted by molar-refractivity contribution is -0.135. The van der Waals surface area contributed by atoms with Crippen LogP contribution in [-0.2, 0) is 9.63 Å². The molecule has 72 valence electrons. The summed E-state index contributed by atoms with van der Waals surface area (Å²) in [5.41, 5.74) is 2.31. The molecule has 1 rings (SSSR count). The molecule has 0 unspecified atom stereocenters. The number of hydrogen-bond donors (Lipinski definition) is 2. The zero-order valence-corrected chi connectivity index (χ0v) is 7.64. The van der Waals surface area contributed by atoms with Crippen molar-refractivity contribution in [2.45, 2.75) is 32.1 Å². The van der Waals surface area contributed by atoms with E-state index in [1.165, 1.54) is 32.1 Å². The first kappa shape index (κ1) is 11.4. The van der Waals surface area contributed by atoms with Gasteiger partial charge in [0.15, 0.2) is 0 Å². The first-order chi connectivity index (χ1) is 5.91. The van der Waals surface area contributed by atoms with Gasteiger partial charge in [-0.3, -0.25) is 4.79 Å². The van der Waals surface area contributed by atoms with Crippen LogP contribution in [0, 0.1) is 0 Å². The Bertz CT molecular complexity index is 87.4. The highest BCUT2D eigenvalue weighted by Crippen LogP contribution is 2.15. The van der Waals surface area contributed by atoms with Crippen LogP contribution in [0.5, 0.6) is 0 Å². The Morgan fingerprint density at radius 1 is 1.25 bits per heavy atom. The number of carbonyl (C=O) groups is 1. The van der Waals surface area contributed by atoms with Crippen LogP contribution in [0.15, 0.2) is 0 Å². The van der Waals surface area contributed by atoms with Crippen molar-refractivity contribution in [2.24, 2.45) is 0 Å². The molecular weight excluding hydrogens is 156 g/mol. The van der Waals surface area contributed by atoms with Crippen LogP contribution in [0.4, 0.5) is 0 Å². The van der Waals surface area contributed by atoms with Crippen molar-refractivity contribution in [1.29, 1.82) is 0 Å². The zero-order valence-electron chi connectivity index (χ0n) is 7.64. The minimum atomic E-state index is 0.331. The molecule has 0 saturated heterocycles. The van der Waals surface area contributed by atoms with Crippen molar-refractivity contribution in [3.8, 4) is 0 Å². The third kappa shape index (κ3) is 9.39. The van der Waals surface area contributed by atoms with Crippen molar-refractivity contribution in [3.05, 3.63) is 0 Å². The van der Waals surface area contributed by atoms with Crippen LogP contribution in [0.3, 0.4) is 0 Å². The lowest BCUT2D eigenvalue weighted by atomic mass is 10.4.